The normalized spacial score (nSPS) is 12.2. The van der Waals surface area contributed by atoms with Gasteiger partial charge in [0.25, 0.3) is 0 Å². The van der Waals surface area contributed by atoms with Crippen molar-refractivity contribution in [3.05, 3.63) is 65.5 Å². The number of aliphatic hydroxyl groups is 1. The van der Waals surface area contributed by atoms with Crippen molar-refractivity contribution in [2.24, 2.45) is 0 Å². The molecule has 1 unspecified atom stereocenters. The average Bonchev–Trinajstić information content (AvgIpc) is 2.45. The van der Waals surface area contributed by atoms with Crippen LogP contribution in [-0.4, -0.2) is 18.8 Å². The van der Waals surface area contributed by atoms with Crippen molar-refractivity contribution in [2.75, 3.05) is 13.7 Å². The molecule has 0 saturated heterocycles. The van der Waals surface area contributed by atoms with Gasteiger partial charge in [-0.05, 0) is 30.2 Å². The van der Waals surface area contributed by atoms with E-state index in [1.165, 1.54) is 12.1 Å². The molecule has 0 aliphatic carbocycles. The molecule has 0 aromatic heterocycles. The highest BCUT2D eigenvalue weighted by Gasteiger charge is 2.18. The first-order valence-electron chi connectivity index (χ1n) is 6.25. The molecule has 0 aliphatic heterocycles. The summed E-state index contributed by atoms with van der Waals surface area (Å²) >= 11 is 0. The molecule has 2 rings (SSSR count). The summed E-state index contributed by atoms with van der Waals surface area (Å²) in [6.07, 6.45) is 0.532. The standard InChI is InChI=1S/C16H17FO2/c1-19-16-8-7-13(17)11-15(16)14(9-10-18)12-5-3-2-4-6-12/h2-8,11,14,18H,9-10H2,1H3. The van der Waals surface area contributed by atoms with Crippen LogP contribution in [0.4, 0.5) is 4.39 Å². The Kier molecular flexibility index (Phi) is 4.53. The third kappa shape index (κ3) is 3.12. The number of rotatable bonds is 5. The van der Waals surface area contributed by atoms with Gasteiger partial charge in [0.05, 0.1) is 7.11 Å². The Bertz CT molecular complexity index is 526. The van der Waals surface area contributed by atoms with Gasteiger partial charge in [0.15, 0.2) is 0 Å². The van der Waals surface area contributed by atoms with Gasteiger partial charge in [0.2, 0.25) is 0 Å². The molecule has 1 atom stereocenters. The zero-order chi connectivity index (χ0) is 13.7. The predicted molar refractivity (Wildman–Crippen MR) is 72.9 cm³/mol. The van der Waals surface area contributed by atoms with Gasteiger partial charge in [-0.25, -0.2) is 4.39 Å². The highest BCUT2D eigenvalue weighted by atomic mass is 19.1. The monoisotopic (exact) mass is 260 g/mol. The molecule has 0 radical (unpaired) electrons. The molecule has 0 spiro atoms. The molecular formula is C16H17FO2. The smallest absolute Gasteiger partial charge is 0.123 e. The zero-order valence-electron chi connectivity index (χ0n) is 10.8. The summed E-state index contributed by atoms with van der Waals surface area (Å²) < 4.78 is 18.8. The first kappa shape index (κ1) is 13.6. The van der Waals surface area contributed by atoms with Crippen molar-refractivity contribution in [1.82, 2.24) is 0 Å². The van der Waals surface area contributed by atoms with Gasteiger partial charge in [0, 0.05) is 18.1 Å². The molecule has 0 fully saturated rings. The Hall–Kier alpha value is -1.87. The van der Waals surface area contributed by atoms with Crippen molar-refractivity contribution < 1.29 is 14.2 Å². The minimum atomic E-state index is -0.297. The summed E-state index contributed by atoms with van der Waals surface area (Å²) in [5.41, 5.74) is 1.81. The van der Waals surface area contributed by atoms with Gasteiger partial charge < -0.3 is 9.84 Å². The number of benzene rings is 2. The molecule has 0 saturated carbocycles. The van der Waals surface area contributed by atoms with Crippen molar-refractivity contribution in [3.8, 4) is 5.75 Å². The second-order valence-corrected chi connectivity index (χ2v) is 4.36. The van der Waals surface area contributed by atoms with Gasteiger partial charge in [0.1, 0.15) is 11.6 Å². The SMILES string of the molecule is COc1ccc(F)cc1C(CCO)c1ccccc1. The second kappa shape index (κ2) is 6.34. The van der Waals surface area contributed by atoms with Crippen LogP contribution in [0.2, 0.25) is 0 Å². The first-order chi connectivity index (χ1) is 9.26. The van der Waals surface area contributed by atoms with E-state index in [0.717, 1.165) is 11.1 Å². The van der Waals surface area contributed by atoms with Crippen molar-refractivity contribution in [3.63, 3.8) is 0 Å². The van der Waals surface area contributed by atoms with E-state index in [1.54, 1.807) is 13.2 Å². The third-order valence-corrected chi connectivity index (χ3v) is 3.19. The van der Waals surface area contributed by atoms with Gasteiger partial charge in [-0.1, -0.05) is 30.3 Å². The fourth-order valence-corrected chi connectivity index (χ4v) is 2.29. The number of hydrogen-bond acceptors (Lipinski definition) is 2. The van der Waals surface area contributed by atoms with E-state index in [0.29, 0.717) is 12.2 Å². The van der Waals surface area contributed by atoms with Crippen LogP contribution in [0.25, 0.3) is 0 Å². The Morgan fingerprint density at radius 1 is 1.16 bits per heavy atom. The van der Waals surface area contributed by atoms with Crippen LogP contribution in [0.5, 0.6) is 5.75 Å². The Balaban J connectivity index is 2.47. The van der Waals surface area contributed by atoms with Crippen molar-refractivity contribution >= 4 is 0 Å². The van der Waals surface area contributed by atoms with E-state index in [4.69, 9.17) is 4.74 Å². The lowest BCUT2D eigenvalue weighted by Gasteiger charge is -2.19. The van der Waals surface area contributed by atoms with Crippen molar-refractivity contribution in [1.29, 1.82) is 0 Å². The van der Waals surface area contributed by atoms with E-state index >= 15 is 0 Å². The van der Waals surface area contributed by atoms with Crippen LogP contribution in [0, 0.1) is 5.82 Å². The van der Waals surface area contributed by atoms with Crippen LogP contribution in [-0.2, 0) is 0 Å². The summed E-state index contributed by atoms with van der Waals surface area (Å²) in [4.78, 5) is 0. The van der Waals surface area contributed by atoms with Crippen LogP contribution < -0.4 is 4.74 Å². The summed E-state index contributed by atoms with van der Waals surface area (Å²) in [5, 5.41) is 9.26. The molecule has 19 heavy (non-hydrogen) atoms. The highest BCUT2D eigenvalue weighted by molar-refractivity contribution is 5.42. The quantitative estimate of drug-likeness (QED) is 0.893. The molecule has 0 aliphatic rings. The van der Waals surface area contributed by atoms with Gasteiger partial charge in [-0.15, -0.1) is 0 Å². The van der Waals surface area contributed by atoms with Crippen LogP contribution in [0.1, 0.15) is 23.5 Å². The first-order valence-corrected chi connectivity index (χ1v) is 6.25. The van der Waals surface area contributed by atoms with Gasteiger partial charge >= 0.3 is 0 Å². The summed E-state index contributed by atoms with van der Waals surface area (Å²) in [7, 11) is 1.57. The lowest BCUT2D eigenvalue weighted by Crippen LogP contribution is -2.06. The maximum absolute atomic E-state index is 13.5. The van der Waals surface area contributed by atoms with E-state index in [9.17, 15) is 9.50 Å². The fraction of sp³-hybridized carbons (Fsp3) is 0.250. The van der Waals surface area contributed by atoms with E-state index in [-0.39, 0.29) is 18.3 Å². The van der Waals surface area contributed by atoms with E-state index < -0.39 is 0 Å². The average molecular weight is 260 g/mol. The number of halogens is 1. The Morgan fingerprint density at radius 3 is 2.53 bits per heavy atom. The third-order valence-electron chi connectivity index (χ3n) is 3.19. The molecule has 100 valence electrons. The van der Waals surface area contributed by atoms with Gasteiger partial charge in [-0.2, -0.15) is 0 Å². The van der Waals surface area contributed by atoms with Crippen molar-refractivity contribution in [2.45, 2.75) is 12.3 Å². The van der Waals surface area contributed by atoms with Crippen LogP contribution >= 0.6 is 0 Å². The van der Waals surface area contributed by atoms with Crippen LogP contribution in [0.15, 0.2) is 48.5 Å². The predicted octanol–water partition coefficient (Wildman–Crippen LogP) is 3.35. The summed E-state index contributed by atoms with van der Waals surface area (Å²) in [6.45, 7) is 0.0409. The number of aliphatic hydroxyl groups excluding tert-OH is 1. The number of hydrogen-bond donors (Lipinski definition) is 1. The summed E-state index contributed by atoms with van der Waals surface area (Å²) in [6, 6.07) is 14.2. The minimum Gasteiger partial charge on any atom is -0.496 e. The molecule has 0 bridgehead atoms. The van der Waals surface area contributed by atoms with E-state index in [2.05, 4.69) is 0 Å². The number of ether oxygens (including phenoxy) is 1. The Morgan fingerprint density at radius 2 is 1.89 bits per heavy atom. The second-order valence-electron chi connectivity index (χ2n) is 4.36. The molecule has 3 heteroatoms. The summed E-state index contributed by atoms with van der Waals surface area (Å²) in [5.74, 6) is 0.273. The largest absolute Gasteiger partial charge is 0.496 e. The maximum Gasteiger partial charge on any atom is 0.123 e. The topological polar surface area (TPSA) is 29.5 Å². The Labute approximate surface area is 112 Å². The molecular weight excluding hydrogens is 243 g/mol. The molecule has 2 aromatic carbocycles. The van der Waals surface area contributed by atoms with Gasteiger partial charge in [-0.3, -0.25) is 0 Å². The lowest BCUT2D eigenvalue weighted by atomic mass is 9.88. The fourth-order valence-electron chi connectivity index (χ4n) is 2.29. The zero-order valence-corrected chi connectivity index (χ0v) is 10.8. The minimum absolute atomic E-state index is 0.0409. The number of methoxy groups -OCH3 is 1. The molecule has 2 aromatic rings. The molecule has 2 nitrogen and oxygen atoms in total. The highest BCUT2D eigenvalue weighted by Crippen LogP contribution is 2.34. The molecule has 0 amide bonds. The van der Waals surface area contributed by atoms with E-state index in [1.807, 2.05) is 30.3 Å². The lowest BCUT2D eigenvalue weighted by molar-refractivity contribution is 0.280. The molecule has 0 heterocycles. The van der Waals surface area contributed by atoms with Crippen LogP contribution in [0.3, 0.4) is 0 Å². The maximum atomic E-state index is 13.5. The molecule has 1 N–H and O–H groups in total.